The number of hydrogen-bond donors (Lipinski definition) is 0. The van der Waals surface area contributed by atoms with Gasteiger partial charge in [-0.1, -0.05) is 0 Å². The number of carbonyl (C=O) groups excluding carboxylic acids is 2. The zero-order valence-electron chi connectivity index (χ0n) is 13.8. The van der Waals surface area contributed by atoms with Crippen LogP contribution in [0.5, 0.6) is 5.75 Å². The molecular formula is C15H4F4I3O7S-. The molecule has 0 aromatic heterocycles. The van der Waals surface area contributed by atoms with Gasteiger partial charge in [-0.15, -0.1) is 0 Å². The van der Waals surface area contributed by atoms with E-state index >= 15 is 0 Å². The van der Waals surface area contributed by atoms with Gasteiger partial charge in [0.15, 0.2) is 18.2 Å². The zero-order valence-corrected chi connectivity index (χ0v) is 21.1. The molecule has 30 heavy (non-hydrogen) atoms. The van der Waals surface area contributed by atoms with Crippen LogP contribution in [0, 0.1) is 34.0 Å². The molecule has 0 N–H and O–H groups in total. The van der Waals surface area contributed by atoms with E-state index in [0.717, 1.165) is 0 Å². The van der Waals surface area contributed by atoms with Crippen molar-refractivity contribution in [2.75, 3.05) is 6.61 Å². The van der Waals surface area contributed by atoms with Crippen molar-refractivity contribution in [2.45, 2.75) is 4.90 Å². The lowest BCUT2D eigenvalue weighted by molar-refractivity contribution is -0.138. The highest BCUT2D eigenvalue weighted by molar-refractivity contribution is 14.1. The highest BCUT2D eigenvalue weighted by atomic mass is 127. The molecule has 2 rings (SSSR count). The first-order valence-electron chi connectivity index (χ1n) is 7.09. The Morgan fingerprint density at radius 3 is 2.00 bits per heavy atom. The molecule has 0 bridgehead atoms. The molecule has 0 aliphatic carbocycles. The maximum atomic E-state index is 13.8. The molecule has 15 heteroatoms. The van der Waals surface area contributed by atoms with Crippen molar-refractivity contribution in [3.8, 4) is 5.75 Å². The van der Waals surface area contributed by atoms with Crippen molar-refractivity contribution < 1.29 is 49.6 Å². The molecule has 0 fully saturated rings. The average molecular weight is 785 g/mol. The maximum absolute atomic E-state index is 13.8. The van der Waals surface area contributed by atoms with Crippen molar-refractivity contribution in [1.82, 2.24) is 0 Å². The highest BCUT2D eigenvalue weighted by Crippen LogP contribution is 2.32. The van der Waals surface area contributed by atoms with E-state index < -0.39 is 62.6 Å². The van der Waals surface area contributed by atoms with Crippen molar-refractivity contribution in [2.24, 2.45) is 0 Å². The van der Waals surface area contributed by atoms with Gasteiger partial charge in [0.2, 0.25) is 17.4 Å². The number of ether oxygens (including phenoxy) is 2. The molecule has 0 aliphatic heterocycles. The van der Waals surface area contributed by atoms with Crippen LogP contribution in [0.3, 0.4) is 0 Å². The molecule has 0 atom stereocenters. The Hall–Kier alpha value is -0.800. The van der Waals surface area contributed by atoms with E-state index in [0.29, 0.717) is 10.7 Å². The van der Waals surface area contributed by atoms with Crippen LogP contribution >= 0.6 is 67.8 Å². The summed E-state index contributed by atoms with van der Waals surface area (Å²) in [6, 6.07) is 3.21. The van der Waals surface area contributed by atoms with Crippen LogP contribution in [-0.4, -0.2) is 31.5 Å². The summed E-state index contributed by atoms with van der Waals surface area (Å²) in [5.41, 5.74) is 0.0826. The molecule has 162 valence electrons. The van der Waals surface area contributed by atoms with Crippen LogP contribution in [0.2, 0.25) is 0 Å². The van der Waals surface area contributed by atoms with E-state index in [2.05, 4.69) is 9.47 Å². The molecule has 0 aliphatic rings. The summed E-state index contributed by atoms with van der Waals surface area (Å²) in [4.78, 5) is 21.4. The Morgan fingerprint density at radius 1 is 0.967 bits per heavy atom. The van der Waals surface area contributed by atoms with Gasteiger partial charge < -0.3 is 14.0 Å². The lowest BCUT2D eigenvalue weighted by Gasteiger charge is -2.14. The van der Waals surface area contributed by atoms with E-state index in [1.807, 2.05) is 67.8 Å². The molecule has 0 saturated heterocycles. The summed E-state index contributed by atoms with van der Waals surface area (Å²) in [7, 11) is -5.91. The number of benzene rings is 2. The first-order chi connectivity index (χ1) is 13.8. The van der Waals surface area contributed by atoms with Crippen LogP contribution in [0.4, 0.5) is 17.6 Å². The van der Waals surface area contributed by atoms with Gasteiger partial charge in [-0.25, -0.2) is 26.8 Å². The SMILES string of the molecule is O=C(COC(=O)c1cc(I)cc(I)c1I)Oc1c(F)c(F)c(S(=O)(=O)[O-])c(F)c1F. The molecule has 2 aromatic carbocycles. The minimum atomic E-state index is -5.91. The lowest BCUT2D eigenvalue weighted by atomic mass is 10.2. The Kier molecular flexibility index (Phi) is 8.30. The fourth-order valence-corrected chi connectivity index (χ4v) is 4.95. The van der Waals surface area contributed by atoms with Gasteiger partial charge in [0, 0.05) is 10.7 Å². The predicted molar refractivity (Wildman–Crippen MR) is 115 cm³/mol. The molecular weight excluding hydrogens is 781 g/mol. The summed E-state index contributed by atoms with van der Waals surface area (Å²) in [5, 5.41) is 0. The van der Waals surface area contributed by atoms with E-state index in [-0.39, 0.29) is 5.56 Å². The lowest BCUT2D eigenvalue weighted by Crippen LogP contribution is -2.22. The van der Waals surface area contributed by atoms with Crippen LogP contribution in [0.1, 0.15) is 10.4 Å². The number of hydrogen-bond acceptors (Lipinski definition) is 7. The van der Waals surface area contributed by atoms with Gasteiger partial charge in [-0.2, -0.15) is 8.78 Å². The molecule has 0 unspecified atom stereocenters. The van der Waals surface area contributed by atoms with Crippen LogP contribution in [0.25, 0.3) is 0 Å². The van der Waals surface area contributed by atoms with E-state index in [1.54, 1.807) is 6.07 Å². The van der Waals surface area contributed by atoms with Crippen molar-refractivity contribution in [3.63, 3.8) is 0 Å². The van der Waals surface area contributed by atoms with Gasteiger partial charge in [0.05, 0.1) is 5.56 Å². The summed E-state index contributed by atoms with van der Waals surface area (Å²) in [6.45, 7) is -1.19. The van der Waals surface area contributed by atoms with Gasteiger partial charge in [-0.3, -0.25) is 0 Å². The van der Waals surface area contributed by atoms with Gasteiger partial charge in [0.1, 0.15) is 15.0 Å². The minimum Gasteiger partial charge on any atom is -0.744 e. The standard InChI is InChI=1S/C15H5F4I3O7S/c16-8-10(18)14(30(25,26)27)11(19)9(17)13(8)29-7(23)3-28-15(24)5-1-4(20)2-6(21)12(5)22/h1-2H,3H2,(H,25,26,27)/p-1. The first-order valence-corrected chi connectivity index (χ1v) is 11.7. The summed E-state index contributed by atoms with van der Waals surface area (Å²) < 4.78 is 98.0. The average Bonchev–Trinajstić information content (AvgIpc) is 2.63. The zero-order chi connectivity index (χ0) is 23.0. The topological polar surface area (TPSA) is 110 Å². The van der Waals surface area contributed by atoms with Crippen LogP contribution in [-0.2, 0) is 19.6 Å². The second-order valence-corrected chi connectivity index (χ2v) is 9.97. The number of esters is 2. The third-order valence-corrected chi connectivity index (χ3v) is 7.71. The molecule has 0 saturated carbocycles. The third kappa shape index (κ3) is 5.51. The van der Waals surface area contributed by atoms with E-state index in [1.165, 1.54) is 6.07 Å². The van der Waals surface area contributed by atoms with Gasteiger partial charge in [0.25, 0.3) is 0 Å². The smallest absolute Gasteiger partial charge is 0.349 e. The molecule has 2 aromatic rings. The molecule has 0 amide bonds. The van der Waals surface area contributed by atoms with E-state index in [4.69, 9.17) is 0 Å². The number of rotatable bonds is 5. The Labute approximate surface area is 206 Å². The third-order valence-electron chi connectivity index (χ3n) is 3.18. The summed E-state index contributed by atoms with van der Waals surface area (Å²) in [5.74, 6) is -14.5. The second-order valence-electron chi connectivity index (χ2n) is 5.17. The van der Waals surface area contributed by atoms with Crippen LogP contribution < -0.4 is 4.74 Å². The number of halogens is 7. The highest BCUT2D eigenvalue weighted by Gasteiger charge is 2.31. The second kappa shape index (κ2) is 9.77. The molecule has 0 heterocycles. The van der Waals surface area contributed by atoms with Crippen molar-refractivity contribution >= 4 is 89.8 Å². The van der Waals surface area contributed by atoms with Gasteiger partial charge >= 0.3 is 11.9 Å². The first kappa shape index (κ1) is 25.5. The predicted octanol–water partition coefficient (Wildman–Crippen LogP) is 3.72. The molecule has 0 spiro atoms. The monoisotopic (exact) mass is 785 g/mol. The normalized spacial score (nSPS) is 11.3. The fraction of sp³-hybridized carbons (Fsp3) is 0.0667. The molecule has 7 nitrogen and oxygen atoms in total. The Balaban J connectivity index is 2.23. The van der Waals surface area contributed by atoms with Gasteiger partial charge in [-0.05, 0) is 79.9 Å². The number of carbonyl (C=O) groups is 2. The largest absolute Gasteiger partial charge is 0.744 e. The van der Waals surface area contributed by atoms with Crippen LogP contribution in [0.15, 0.2) is 17.0 Å². The van der Waals surface area contributed by atoms with Crippen molar-refractivity contribution in [1.29, 1.82) is 0 Å². The Morgan fingerprint density at radius 2 is 1.50 bits per heavy atom. The summed E-state index contributed by atoms with van der Waals surface area (Å²) in [6.07, 6.45) is 0. The molecule has 0 radical (unpaired) electrons. The van der Waals surface area contributed by atoms with E-state index in [9.17, 15) is 40.1 Å². The minimum absolute atomic E-state index is 0.0826. The maximum Gasteiger partial charge on any atom is 0.349 e. The Bertz CT molecular complexity index is 1140. The quantitative estimate of drug-likeness (QED) is 0.114. The fourth-order valence-electron chi connectivity index (χ4n) is 1.95. The van der Waals surface area contributed by atoms with Crippen molar-refractivity contribution in [3.05, 3.63) is 51.7 Å². The summed E-state index contributed by atoms with van der Waals surface area (Å²) >= 11 is 5.74.